The summed E-state index contributed by atoms with van der Waals surface area (Å²) in [5.74, 6) is -1.42. The van der Waals surface area contributed by atoms with Gasteiger partial charge in [-0.05, 0) is 48.4 Å². The van der Waals surface area contributed by atoms with E-state index in [9.17, 15) is 14.4 Å². The van der Waals surface area contributed by atoms with E-state index in [1.54, 1.807) is 24.3 Å². The van der Waals surface area contributed by atoms with Crippen LogP contribution in [-0.2, 0) is 6.54 Å². The highest BCUT2D eigenvalue weighted by atomic mass is 16.4. The van der Waals surface area contributed by atoms with Crippen molar-refractivity contribution < 1.29 is 19.5 Å². The van der Waals surface area contributed by atoms with Crippen LogP contribution in [0.4, 0.5) is 0 Å². The Kier molecular flexibility index (Phi) is 6.91. The molecule has 0 fully saturated rings. The van der Waals surface area contributed by atoms with Crippen molar-refractivity contribution in [3.63, 3.8) is 0 Å². The fraction of sp³-hybridized carbons (Fsp3) is 0.250. The molecule has 0 radical (unpaired) electrons. The Hall–Kier alpha value is -3.15. The number of carbonyl (C=O) groups is 3. The molecule has 0 aliphatic carbocycles. The van der Waals surface area contributed by atoms with Crippen LogP contribution in [0.2, 0.25) is 0 Å². The minimum Gasteiger partial charge on any atom is -0.478 e. The Morgan fingerprint density at radius 3 is 1.85 bits per heavy atom. The third-order valence-corrected chi connectivity index (χ3v) is 3.88. The normalized spacial score (nSPS) is 10.2. The molecule has 26 heavy (non-hydrogen) atoms. The molecule has 0 atom stereocenters. The first-order valence-electron chi connectivity index (χ1n) is 8.50. The van der Waals surface area contributed by atoms with E-state index in [-0.39, 0.29) is 17.4 Å². The first kappa shape index (κ1) is 19.2. The molecule has 0 spiro atoms. The molecule has 2 amide bonds. The zero-order chi connectivity index (χ0) is 18.9. The number of hydrogen-bond donors (Lipinski definition) is 3. The van der Waals surface area contributed by atoms with Crippen molar-refractivity contribution in [3.8, 4) is 0 Å². The van der Waals surface area contributed by atoms with Crippen LogP contribution >= 0.6 is 0 Å². The smallest absolute Gasteiger partial charge is 0.335 e. The second-order valence-corrected chi connectivity index (χ2v) is 5.87. The minimum atomic E-state index is -1.03. The van der Waals surface area contributed by atoms with Crippen LogP contribution in [0.25, 0.3) is 0 Å². The average Bonchev–Trinajstić information content (AvgIpc) is 2.66. The summed E-state index contributed by atoms with van der Waals surface area (Å²) in [7, 11) is 0. The van der Waals surface area contributed by atoms with Crippen LogP contribution in [0.15, 0.2) is 48.5 Å². The molecule has 2 rings (SSSR count). The summed E-state index contributed by atoms with van der Waals surface area (Å²) in [5, 5.41) is 14.5. The van der Waals surface area contributed by atoms with Crippen LogP contribution < -0.4 is 10.6 Å². The summed E-state index contributed by atoms with van der Waals surface area (Å²) in [6, 6.07) is 12.8. The van der Waals surface area contributed by atoms with Gasteiger partial charge in [-0.2, -0.15) is 0 Å². The number of aromatic carboxylic acids is 1. The molecule has 0 saturated carbocycles. The van der Waals surface area contributed by atoms with Crippen LogP contribution in [-0.4, -0.2) is 29.4 Å². The molecule has 6 heteroatoms. The fourth-order valence-corrected chi connectivity index (χ4v) is 2.30. The molecule has 0 bridgehead atoms. The standard InChI is InChI=1S/C20H22N2O4/c1-2-3-12-21-18(23)15-6-4-14(5-7-15)13-22-19(24)16-8-10-17(11-9-16)20(25)26/h4-11H,2-3,12-13H2,1H3,(H,21,23)(H,22,24)(H,25,26). The number of amides is 2. The van der Waals surface area contributed by atoms with Gasteiger partial charge in [-0.25, -0.2) is 4.79 Å². The molecule has 3 N–H and O–H groups in total. The van der Waals surface area contributed by atoms with Gasteiger partial charge in [0.15, 0.2) is 0 Å². The zero-order valence-corrected chi connectivity index (χ0v) is 14.6. The van der Waals surface area contributed by atoms with Crippen molar-refractivity contribution in [3.05, 3.63) is 70.8 Å². The fourth-order valence-electron chi connectivity index (χ4n) is 2.30. The van der Waals surface area contributed by atoms with Gasteiger partial charge < -0.3 is 15.7 Å². The molecular formula is C20H22N2O4. The topological polar surface area (TPSA) is 95.5 Å². The lowest BCUT2D eigenvalue weighted by molar-refractivity contribution is 0.0696. The van der Waals surface area contributed by atoms with Gasteiger partial charge in [-0.3, -0.25) is 9.59 Å². The van der Waals surface area contributed by atoms with Crippen LogP contribution in [0.5, 0.6) is 0 Å². The molecule has 0 aliphatic rings. The van der Waals surface area contributed by atoms with Crippen molar-refractivity contribution in [2.24, 2.45) is 0 Å². The number of benzene rings is 2. The van der Waals surface area contributed by atoms with Crippen molar-refractivity contribution in [1.29, 1.82) is 0 Å². The van der Waals surface area contributed by atoms with Gasteiger partial charge >= 0.3 is 5.97 Å². The highest BCUT2D eigenvalue weighted by Gasteiger charge is 2.08. The zero-order valence-electron chi connectivity index (χ0n) is 14.6. The van der Waals surface area contributed by atoms with Gasteiger partial charge in [-0.15, -0.1) is 0 Å². The summed E-state index contributed by atoms with van der Waals surface area (Å²) in [6.45, 7) is 3.04. The van der Waals surface area contributed by atoms with E-state index in [2.05, 4.69) is 17.6 Å². The Morgan fingerprint density at radius 1 is 0.808 bits per heavy atom. The lowest BCUT2D eigenvalue weighted by Gasteiger charge is -2.08. The third kappa shape index (κ3) is 5.44. The van der Waals surface area contributed by atoms with Crippen LogP contribution in [0, 0.1) is 0 Å². The predicted molar refractivity (Wildman–Crippen MR) is 98.3 cm³/mol. The number of rotatable bonds is 8. The van der Waals surface area contributed by atoms with E-state index in [1.807, 2.05) is 0 Å². The van der Waals surface area contributed by atoms with Gasteiger partial charge in [0.25, 0.3) is 11.8 Å². The maximum absolute atomic E-state index is 12.1. The number of carboxylic acids is 1. The summed E-state index contributed by atoms with van der Waals surface area (Å²) in [6.07, 6.45) is 1.97. The van der Waals surface area contributed by atoms with E-state index >= 15 is 0 Å². The molecule has 136 valence electrons. The van der Waals surface area contributed by atoms with Crippen molar-refractivity contribution in [1.82, 2.24) is 10.6 Å². The summed E-state index contributed by atoms with van der Waals surface area (Å²) in [5.41, 5.74) is 1.97. The van der Waals surface area contributed by atoms with Gasteiger partial charge in [0, 0.05) is 24.2 Å². The summed E-state index contributed by atoms with van der Waals surface area (Å²) in [4.78, 5) is 34.8. The van der Waals surface area contributed by atoms with E-state index in [4.69, 9.17) is 5.11 Å². The number of unbranched alkanes of at least 4 members (excludes halogenated alkanes) is 1. The van der Waals surface area contributed by atoms with E-state index in [0.717, 1.165) is 18.4 Å². The molecule has 2 aromatic rings. The highest BCUT2D eigenvalue weighted by Crippen LogP contribution is 2.07. The Morgan fingerprint density at radius 2 is 1.31 bits per heavy atom. The molecule has 6 nitrogen and oxygen atoms in total. The minimum absolute atomic E-state index is 0.104. The molecule has 0 aliphatic heterocycles. The molecular weight excluding hydrogens is 332 g/mol. The third-order valence-electron chi connectivity index (χ3n) is 3.88. The van der Waals surface area contributed by atoms with Gasteiger partial charge in [0.1, 0.15) is 0 Å². The number of hydrogen-bond acceptors (Lipinski definition) is 3. The largest absolute Gasteiger partial charge is 0.478 e. The Bertz CT molecular complexity index is 767. The molecule has 0 heterocycles. The number of carboxylic acid groups (broad SMARTS) is 1. The lowest BCUT2D eigenvalue weighted by atomic mass is 10.1. The quantitative estimate of drug-likeness (QED) is 0.635. The Labute approximate surface area is 152 Å². The van der Waals surface area contributed by atoms with Gasteiger partial charge in [0.05, 0.1) is 5.56 Å². The molecule has 0 unspecified atom stereocenters. The van der Waals surface area contributed by atoms with Crippen molar-refractivity contribution >= 4 is 17.8 Å². The average molecular weight is 354 g/mol. The monoisotopic (exact) mass is 354 g/mol. The highest BCUT2D eigenvalue weighted by molar-refractivity contribution is 5.96. The second-order valence-electron chi connectivity index (χ2n) is 5.87. The van der Waals surface area contributed by atoms with Crippen LogP contribution in [0.1, 0.15) is 56.4 Å². The predicted octanol–water partition coefficient (Wildman–Crippen LogP) is 2.84. The molecule has 0 aromatic heterocycles. The lowest BCUT2D eigenvalue weighted by Crippen LogP contribution is -2.24. The second kappa shape index (κ2) is 9.36. The summed E-state index contributed by atoms with van der Waals surface area (Å²) >= 11 is 0. The maximum atomic E-state index is 12.1. The van der Waals surface area contributed by atoms with Crippen LogP contribution in [0.3, 0.4) is 0 Å². The first-order valence-corrected chi connectivity index (χ1v) is 8.50. The molecule has 2 aromatic carbocycles. The first-order chi connectivity index (χ1) is 12.5. The van der Waals surface area contributed by atoms with Crippen molar-refractivity contribution in [2.75, 3.05) is 6.54 Å². The SMILES string of the molecule is CCCCNC(=O)c1ccc(CNC(=O)c2ccc(C(=O)O)cc2)cc1. The van der Waals surface area contributed by atoms with E-state index in [0.29, 0.717) is 24.2 Å². The maximum Gasteiger partial charge on any atom is 0.335 e. The summed E-state index contributed by atoms with van der Waals surface area (Å²) < 4.78 is 0. The van der Waals surface area contributed by atoms with Gasteiger partial charge in [-0.1, -0.05) is 25.5 Å². The Balaban J connectivity index is 1.87. The number of nitrogens with one attached hydrogen (secondary N) is 2. The van der Waals surface area contributed by atoms with E-state index < -0.39 is 5.97 Å². The molecule has 0 saturated heterocycles. The number of carbonyl (C=O) groups excluding carboxylic acids is 2. The van der Waals surface area contributed by atoms with Crippen molar-refractivity contribution in [2.45, 2.75) is 26.3 Å². The van der Waals surface area contributed by atoms with Gasteiger partial charge in [0.2, 0.25) is 0 Å². The van der Waals surface area contributed by atoms with E-state index in [1.165, 1.54) is 24.3 Å².